The van der Waals surface area contributed by atoms with Gasteiger partial charge in [-0.15, -0.1) is 0 Å². The van der Waals surface area contributed by atoms with Crippen LogP contribution >= 0.6 is 0 Å². The summed E-state index contributed by atoms with van der Waals surface area (Å²) in [7, 11) is 0. The first-order chi connectivity index (χ1) is 32.5. The van der Waals surface area contributed by atoms with Crippen LogP contribution < -0.4 is 0 Å². The van der Waals surface area contributed by atoms with Crippen LogP contribution in [0.4, 0.5) is 0 Å². The van der Waals surface area contributed by atoms with E-state index in [2.05, 4.69) is 81.5 Å². The van der Waals surface area contributed by atoms with Crippen molar-refractivity contribution in [2.45, 2.75) is 187 Å². The molecule has 0 bridgehead atoms. The second-order valence-corrected chi connectivity index (χ2v) is 16.3. The van der Waals surface area contributed by atoms with Gasteiger partial charge < -0.3 is 14.2 Å². The van der Waals surface area contributed by atoms with Gasteiger partial charge in [0.25, 0.3) is 0 Å². The predicted molar refractivity (Wildman–Crippen MR) is 283 cm³/mol. The van der Waals surface area contributed by atoms with Crippen molar-refractivity contribution in [3.05, 3.63) is 158 Å². The molecular weight excluding hydrogens is 817 g/mol. The zero-order valence-electron chi connectivity index (χ0n) is 41.6. The molecule has 0 aromatic rings. The minimum atomic E-state index is -0.834. The molecule has 0 aliphatic rings. The smallest absolute Gasteiger partial charge is 0.306 e. The normalized spacial score (nSPS) is 13.4. The van der Waals surface area contributed by atoms with E-state index in [-0.39, 0.29) is 44.0 Å². The molecule has 0 saturated heterocycles. The fraction of sp³-hybridized carbons (Fsp3) is 0.517. The van der Waals surface area contributed by atoms with Crippen molar-refractivity contribution in [1.29, 1.82) is 0 Å². The molecule has 0 aliphatic heterocycles. The lowest BCUT2D eigenvalue weighted by Crippen LogP contribution is -2.30. The van der Waals surface area contributed by atoms with E-state index < -0.39 is 6.10 Å². The summed E-state index contributed by atoms with van der Waals surface area (Å²) in [6, 6.07) is 0. The summed E-state index contributed by atoms with van der Waals surface area (Å²) in [5.41, 5.74) is 0. The second kappa shape index (κ2) is 52.7. The first kappa shape index (κ1) is 61.0. The van der Waals surface area contributed by atoms with E-state index in [1.54, 1.807) is 0 Å². The van der Waals surface area contributed by atoms with E-state index in [1.165, 1.54) is 32.1 Å². The van der Waals surface area contributed by atoms with Crippen molar-refractivity contribution in [1.82, 2.24) is 0 Å². The standard InChI is InChI=1S/C60H90O6/c1-4-7-10-13-16-19-22-25-27-29-31-32-35-38-41-44-47-50-53-59(62)65-56-57(55-64-58(61)52-49-46-43-40-37-34-24-21-18-15-12-9-6-3)66-60(63)54-51-48-45-42-39-36-33-30-28-26-23-20-17-14-11-8-5-2/h8-9,11-12,14-15,17-18,20-34,36-37,39,57H,4-7,10,13,16,19,35,38,40-56H2,1-3H3/b11-8-,12-9-,17-14-,18-15-,23-20-,24-21-,25-22-,28-26-,29-27-,32-31-,33-30+,37-34-,39-36-. The molecule has 0 saturated carbocycles. The second-order valence-electron chi connectivity index (χ2n) is 16.3. The summed E-state index contributed by atoms with van der Waals surface area (Å²) >= 11 is 0. The lowest BCUT2D eigenvalue weighted by Gasteiger charge is -2.18. The number of carbonyl (C=O) groups excluding carboxylic acids is 3. The SMILES string of the molecule is CC\C=C/C=C\C=C/C=C\C=C\C=C/CCCCCC(=O)OC(COC(=O)CCCCC\C=C/C=C\C=C/C=C\CC)COC(=O)CCCCCCC\C=C/C=C\C=C/CCCCCCC. The minimum Gasteiger partial charge on any atom is -0.462 e. The summed E-state index contributed by atoms with van der Waals surface area (Å²) < 4.78 is 16.7. The molecule has 1 unspecified atom stereocenters. The number of ether oxygens (including phenoxy) is 3. The van der Waals surface area contributed by atoms with Gasteiger partial charge in [-0.05, 0) is 83.5 Å². The third-order valence-electron chi connectivity index (χ3n) is 10.1. The average molecular weight is 907 g/mol. The maximum absolute atomic E-state index is 12.8. The fourth-order valence-corrected chi connectivity index (χ4v) is 6.25. The van der Waals surface area contributed by atoms with Crippen molar-refractivity contribution < 1.29 is 28.6 Å². The van der Waals surface area contributed by atoms with Gasteiger partial charge in [0.15, 0.2) is 6.10 Å². The van der Waals surface area contributed by atoms with Crippen molar-refractivity contribution >= 4 is 17.9 Å². The minimum absolute atomic E-state index is 0.128. The van der Waals surface area contributed by atoms with Gasteiger partial charge in [-0.25, -0.2) is 0 Å². The highest BCUT2D eigenvalue weighted by atomic mass is 16.6. The summed E-state index contributed by atoms with van der Waals surface area (Å²) in [6.45, 7) is 6.21. The Kier molecular flexibility index (Phi) is 48.7. The topological polar surface area (TPSA) is 78.9 Å². The molecule has 0 fully saturated rings. The number of hydrogen-bond acceptors (Lipinski definition) is 6. The summed E-state index contributed by atoms with van der Waals surface area (Å²) in [4.78, 5) is 38.0. The third kappa shape index (κ3) is 50.0. The van der Waals surface area contributed by atoms with Gasteiger partial charge >= 0.3 is 17.9 Å². The van der Waals surface area contributed by atoms with Crippen molar-refractivity contribution in [3.8, 4) is 0 Å². The largest absolute Gasteiger partial charge is 0.462 e. The van der Waals surface area contributed by atoms with Crippen LogP contribution in [0, 0.1) is 0 Å². The van der Waals surface area contributed by atoms with Crippen LogP contribution in [0.5, 0.6) is 0 Å². The molecule has 0 heterocycles. The zero-order chi connectivity index (χ0) is 47.9. The predicted octanol–water partition coefficient (Wildman–Crippen LogP) is 17.0. The lowest BCUT2D eigenvalue weighted by atomic mass is 10.1. The molecule has 0 radical (unpaired) electrons. The number of hydrogen-bond donors (Lipinski definition) is 0. The van der Waals surface area contributed by atoms with Gasteiger partial charge in [0.05, 0.1) is 0 Å². The Morgan fingerprint density at radius 3 is 0.939 bits per heavy atom. The van der Waals surface area contributed by atoms with Crippen molar-refractivity contribution in [2.24, 2.45) is 0 Å². The molecule has 1 atom stereocenters. The Hall–Kier alpha value is -4.97. The van der Waals surface area contributed by atoms with Crippen LogP contribution in [0.25, 0.3) is 0 Å². The molecule has 0 rings (SSSR count). The van der Waals surface area contributed by atoms with Crippen LogP contribution in [-0.4, -0.2) is 37.2 Å². The van der Waals surface area contributed by atoms with E-state index in [1.807, 2.05) is 97.2 Å². The Morgan fingerprint density at radius 1 is 0.318 bits per heavy atom. The number of allylic oxidation sites excluding steroid dienone is 26. The monoisotopic (exact) mass is 907 g/mol. The summed E-state index contributed by atoms with van der Waals surface area (Å²) in [5, 5.41) is 0. The highest BCUT2D eigenvalue weighted by Crippen LogP contribution is 2.12. The number of esters is 3. The molecule has 0 amide bonds. The van der Waals surface area contributed by atoms with Gasteiger partial charge in [-0.3, -0.25) is 14.4 Å². The molecule has 0 spiro atoms. The lowest BCUT2D eigenvalue weighted by molar-refractivity contribution is -0.167. The fourth-order valence-electron chi connectivity index (χ4n) is 6.25. The molecule has 6 heteroatoms. The van der Waals surface area contributed by atoms with E-state index in [0.717, 1.165) is 103 Å². The van der Waals surface area contributed by atoms with Gasteiger partial charge in [0.1, 0.15) is 13.2 Å². The number of rotatable bonds is 43. The van der Waals surface area contributed by atoms with Crippen LogP contribution in [0.15, 0.2) is 158 Å². The van der Waals surface area contributed by atoms with Crippen LogP contribution in [0.1, 0.15) is 181 Å². The highest BCUT2D eigenvalue weighted by Gasteiger charge is 2.19. The number of carbonyl (C=O) groups is 3. The molecule has 0 aromatic heterocycles. The van der Waals surface area contributed by atoms with E-state index in [4.69, 9.17) is 14.2 Å². The Labute approximate surface area is 403 Å². The Bertz CT molecular complexity index is 1560. The van der Waals surface area contributed by atoms with Gasteiger partial charge in [-0.2, -0.15) is 0 Å². The zero-order valence-corrected chi connectivity index (χ0v) is 41.6. The first-order valence-electron chi connectivity index (χ1n) is 25.7. The van der Waals surface area contributed by atoms with E-state index in [0.29, 0.717) is 12.8 Å². The molecule has 6 nitrogen and oxygen atoms in total. The summed E-state index contributed by atoms with van der Waals surface area (Å²) in [6.07, 6.45) is 76.5. The Morgan fingerprint density at radius 2 is 0.591 bits per heavy atom. The first-order valence-corrected chi connectivity index (χ1v) is 25.7. The number of unbranched alkanes of at least 4 members (excludes halogenated alkanes) is 16. The third-order valence-corrected chi connectivity index (χ3v) is 10.1. The molecule has 366 valence electrons. The maximum atomic E-state index is 12.8. The van der Waals surface area contributed by atoms with Crippen LogP contribution in [0.2, 0.25) is 0 Å². The average Bonchev–Trinajstić information content (AvgIpc) is 3.31. The van der Waals surface area contributed by atoms with Gasteiger partial charge in [-0.1, -0.05) is 237 Å². The highest BCUT2D eigenvalue weighted by molar-refractivity contribution is 5.71. The van der Waals surface area contributed by atoms with Crippen LogP contribution in [0.3, 0.4) is 0 Å². The summed E-state index contributed by atoms with van der Waals surface area (Å²) in [5.74, 6) is -1.04. The van der Waals surface area contributed by atoms with Crippen LogP contribution in [-0.2, 0) is 28.6 Å². The van der Waals surface area contributed by atoms with E-state index in [9.17, 15) is 14.4 Å². The van der Waals surface area contributed by atoms with Gasteiger partial charge in [0.2, 0.25) is 0 Å². The van der Waals surface area contributed by atoms with Gasteiger partial charge in [0, 0.05) is 19.3 Å². The quantitative estimate of drug-likeness (QED) is 0.0262. The molecule has 66 heavy (non-hydrogen) atoms. The van der Waals surface area contributed by atoms with Crippen molar-refractivity contribution in [2.75, 3.05) is 13.2 Å². The van der Waals surface area contributed by atoms with Crippen molar-refractivity contribution in [3.63, 3.8) is 0 Å². The molecule has 0 N–H and O–H groups in total. The van der Waals surface area contributed by atoms with E-state index >= 15 is 0 Å². The molecule has 0 aromatic carbocycles. The maximum Gasteiger partial charge on any atom is 0.306 e. The molecule has 0 aliphatic carbocycles. The molecular formula is C60H90O6. The Balaban J connectivity index is 4.61.